The quantitative estimate of drug-likeness (QED) is 0.629. The maximum Gasteiger partial charge on any atom is 0.154 e. The molecule has 0 aliphatic carbocycles. The first-order chi connectivity index (χ1) is 9.09. The second kappa shape index (κ2) is 6.27. The molecule has 0 radical (unpaired) electrons. The van der Waals surface area contributed by atoms with E-state index >= 15 is 0 Å². The van der Waals surface area contributed by atoms with E-state index in [1.165, 1.54) is 0 Å². The Bertz CT molecular complexity index is 604. The lowest BCUT2D eigenvalue weighted by atomic mass is 10.2. The molecule has 0 amide bonds. The van der Waals surface area contributed by atoms with Gasteiger partial charge >= 0.3 is 0 Å². The predicted molar refractivity (Wildman–Crippen MR) is 74.1 cm³/mol. The van der Waals surface area contributed by atoms with Gasteiger partial charge in [0.15, 0.2) is 9.84 Å². The van der Waals surface area contributed by atoms with Gasteiger partial charge in [-0.05, 0) is 12.5 Å². The number of nitrogens with zero attached hydrogens (tertiary/aromatic N) is 1. The molecule has 6 heteroatoms. The highest BCUT2D eigenvalue weighted by atomic mass is 35.5. The Balaban J connectivity index is 2.02. The average Bonchev–Trinajstić information content (AvgIpc) is 2.69. The van der Waals surface area contributed by atoms with Gasteiger partial charge in [0.2, 0.25) is 0 Å². The van der Waals surface area contributed by atoms with Gasteiger partial charge in [0.25, 0.3) is 0 Å². The van der Waals surface area contributed by atoms with Crippen molar-refractivity contribution in [2.24, 2.45) is 0 Å². The van der Waals surface area contributed by atoms with E-state index in [-0.39, 0.29) is 17.6 Å². The molecule has 1 aliphatic rings. The molecule has 1 aromatic rings. The fourth-order valence-corrected chi connectivity index (χ4v) is 3.49. The summed E-state index contributed by atoms with van der Waals surface area (Å²) in [7, 11) is -2.93. The van der Waals surface area contributed by atoms with Crippen LogP contribution in [-0.2, 0) is 9.84 Å². The molecule has 0 aromatic carbocycles. The van der Waals surface area contributed by atoms with Crippen molar-refractivity contribution >= 4 is 21.4 Å². The Morgan fingerprint density at radius 3 is 3.00 bits per heavy atom. The number of ether oxygens (including phenoxy) is 1. The normalized spacial score (nSPS) is 20.6. The van der Waals surface area contributed by atoms with Crippen LogP contribution in [0.25, 0.3) is 0 Å². The third-order valence-corrected chi connectivity index (χ3v) is 4.59. The Morgan fingerprint density at radius 1 is 1.47 bits per heavy atom. The smallest absolute Gasteiger partial charge is 0.154 e. The van der Waals surface area contributed by atoms with Crippen molar-refractivity contribution in [1.82, 2.24) is 4.98 Å². The van der Waals surface area contributed by atoms with Crippen molar-refractivity contribution in [3.63, 3.8) is 0 Å². The van der Waals surface area contributed by atoms with Gasteiger partial charge < -0.3 is 4.74 Å². The molecule has 4 nitrogen and oxygen atoms in total. The van der Waals surface area contributed by atoms with Crippen LogP contribution in [0.4, 0.5) is 0 Å². The number of hydrogen-bond donors (Lipinski definition) is 0. The van der Waals surface area contributed by atoms with E-state index in [2.05, 4.69) is 16.8 Å². The minimum absolute atomic E-state index is 0.0785. The topological polar surface area (TPSA) is 56.3 Å². The first kappa shape index (κ1) is 14.2. The van der Waals surface area contributed by atoms with Crippen LogP contribution in [0.3, 0.4) is 0 Å². The number of halogens is 1. The van der Waals surface area contributed by atoms with Crippen LogP contribution in [0.15, 0.2) is 18.5 Å². The number of aromatic nitrogens is 1. The van der Waals surface area contributed by atoms with E-state index in [1.54, 1.807) is 18.5 Å². The summed E-state index contributed by atoms with van der Waals surface area (Å²) in [5.41, 5.74) is 0.739. The highest BCUT2D eigenvalue weighted by Crippen LogP contribution is 2.19. The number of hydrogen-bond acceptors (Lipinski definition) is 4. The first-order valence-corrected chi connectivity index (χ1v) is 8.31. The van der Waals surface area contributed by atoms with Gasteiger partial charge in [0.05, 0.1) is 17.7 Å². The van der Waals surface area contributed by atoms with Gasteiger partial charge in [0, 0.05) is 24.1 Å². The van der Waals surface area contributed by atoms with Gasteiger partial charge in [-0.3, -0.25) is 4.98 Å². The van der Waals surface area contributed by atoms with Crippen molar-refractivity contribution < 1.29 is 13.2 Å². The van der Waals surface area contributed by atoms with Crippen LogP contribution in [-0.4, -0.2) is 36.9 Å². The second-order valence-electron chi connectivity index (χ2n) is 4.29. The molecule has 1 fully saturated rings. The van der Waals surface area contributed by atoms with Crippen molar-refractivity contribution in [3.8, 4) is 17.6 Å². The molecule has 2 heterocycles. The standard InChI is InChI=1S/C13H14ClNO3S/c14-5-2-1-3-11-7-13(9-15-8-11)18-12-4-6-19(16,17)10-12/h7-9,12H,2,4-6,10H2. The number of alkyl halides is 1. The Hall–Kier alpha value is -1.25. The van der Waals surface area contributed by atoms with E-state index in [1.807, 2.05) is 0 Å². The lowest BCUT2D eigenvalue weighted by Crippen LogP contribution is -2.17. The molecule has 0 N–H and O–H groups in total. The van der Waals surface area contributed by atoms with Gasteiger partial charge in [0.1, 0.15) is 11.9 Å². The predicted octanol–water partition coefficient (Wildman–Crippen LogP) is 1.63. The van der Waals surface area contributed by atoms with Gasteiger partial charge in [-0.2, -0.15) is 0 Å². The minimum Gasteiger partial charge on any atom is -0.488 e. The fraction of sp³-hybridized carbons (Fsp3) is 0.462. The zero-order chi connectivity index (χ0) is 13.7. The molecule has 0 bridgehead atoms. The van der Waals surface area contributed by atoms with Gasteiger partial charge in [-0.1, -0.05) is 11.8 Å². The summed E-state index contributed by atoms with van der Waals surface area (Å²) in [6, 6.07) is 1.76. The molecule has 1 saturated heterocycles. The summed E-state index contributed by atoms with van der Waals surface area (Å²) in [6.07, 6.45) is 4.08. The molecular weight excluding hydrogens is 286 g/mol. The third kappa shape index (κ3) is 4.41. The molecule has 1 aromatic heterocycles. The lowest BCUT2D eigenvalue weighted by molar-refractivity contribution is 0.228. The minimum atomic E-state index is -2.93. The maximum absolute atomic E-state index is 11.3. The highest BCUT2D eigenvalue weighted by molar-refractivity contribution is 7.91. The monoisotopic (exact) mass is 299 g/mol. The average molecular weight is 300 g/mol. The molecule has 0 saturated carbocycles. The van der Waals surface area contributed by atoms with Crippen LogP contribution in [0.5, 0.6) is 5.75 Å². The third-order valence-electron chi connectivity index (χ3n) is 2.66. The van der Waals surface area contributed by atoms with Crippen LogP contribution in [0.2, 0.25) is 0 Å². The summed E-state index contributed by atoms with van der Waals surface area (Å²) in [4.78, 5) is 4.03. The largest absolute Gasteiger partial charge is 0.488 e. The zero-order valence-corrected chi connectivity index (χ0v) is 11.9. The van der Waals surface area contributed by atoms with Crippen molar-refractivity contribution in [1.29, 1.82) is 0 Å². The van der Waals surface area contributed by atoms with E-state index in [0.717, 1.165) is 5.56 Å². The fourth-order valence-electron chi connectivity index (χ4n) is 1.81. The number of pyridine rings is 1. The van der Waals surface area contributed by atoms with Crippen molar-refractivity contribution in [2.75, 3.05) is 17.4 Å². The van der Waals surface area contributed by atoms with Crippen LogP contribution < -0.4 is 4.74 Å². The highest BCUT2D eigenvalue weighted by Gasteiger charge is 2.29. The number of sulfone groups is 1. The molecular formula is C13H14ClNO3S. The van der Waals surface area contributed by atoms with E-state index in [4.69, 9.17) is 16.3 Å². The summed E-state index contributed by atoms with van der Waals surface area (Å²) in [5.74, 6) is 7.17. The summed E-state index contributed by atoms with van der Waals surface area (Å²) in [6.45, 7) is 0. The van der Waals surface area contributed by atoms with E-state index in [9.17, 15) is 8.42 Å². The lowest BCUT2D eigenvalue weighted by Gasteiger charge is -2.11. The molecule has 102 valence electrons. The molecule has 19 heavy (non-hydrogen) atoms. The molecule has 0 spiro atoms. The van der Waals surface area contributed by atoms with Crippen LogP contribution in [0.1, 0.15) is 18.4 Å². The maximum atomic E-state index is 11.3. The molecule has 1 unspecified atom stereocenters. The van der Waals surface area contributed by atoms with E-state index < -0.39 is 9.84 Å². The van der Waals surface area contributed by atoms with Crippen molar-refractivity contribution in [2.45, 2.75) is 18.9 Å². The van der Waals surface area contributed by atoms with Crippen LogP contribution in [0, 0.1) is 11.8 Å². The Morgan fingerprint density at radius 2 is 2.32 bits per heavy atom. The van der Waals surface area contributed by atoms with Crippen LogP contribution >= 0.6 is 11.6 Å². The first-order valence-electron chi connectivity index (χ1n) is 5.96. The molecule has 1 atom stereocenters. The molecule has 1 aliphatic heterocycles. The van der Waals surface area contributed by atoms with Gasteiger partial charge in [-0.25, -0.2) is 8.42 Å². The summed E-state index contributed by atoms with van der Waals surface area (Å²) < 4.78 is 28.3. The SMILES string of the molecule is O=S1(=O)CCC(Oc2cncc(C#CCCCl)c2)C1. The van der Waals surface area contributed by atoms with Crippen molar-refractivity contribution in [3.05, 3.63) is 24.0 Å². The summed E-state index contributed by atoms with van der Waals surface area (Å²) in [5, 5.41) is 0. The Kier molecular flexibility index (Phi) is 4.67. The van der Waals surface area contributed by atoms with E-state index in [0.29, 0.717) is 24.5 Å². The van der Waals surface area contributed by atoms with Gasteiger partial charge in [-0.15, -0.1) is 11.6 Å². The molecule has 2 rings (SSSR count). The summed E-state index contributed by atoms with van der Waals surface area (Å²) >= 11 is 5.54. The Labute approximate surface area is 118 Å². The zero-order valence-electron chi connectivity index (χ0n) is 10.3. The second-order valence-corrected chi connectivity index (χ2v) is 6.90. The number of rotatable bonds is 3.